The van der Waals surface area contributed by atoms with Crippen molar-refractivity contribution in [3.63, 3.8) is 0 Å². The Bertz CT molecular complexity index is 722. The molecule has 1 unspecified atom stereocenters. The second-order valence-electron chi connectivity index (χ2n) is 5.36. The number of benzene rings is 1. The van der Waals surface area contributed by atoms with E-state index in [0.29, 0.717) is 24.4 Å². The number of carbonyl (C=O) groups excluding carboxylic acids is 1. The largest absolute Gasteiger partial charge is 0.481 e. The number of hydrogen-bond acceptors (Lipinski definition) is 4. The molecule has 3 rings (SSSR count). The average Bonchev–Trinajstić information content (AvgIpc) is 2.92. The van der Waals surface area contributed by atoms with E-state index in [-0.39, 0.29) is 18.2 Å². The van der Waals surface area contributed by atoms with Gasteiger partial charge in [-0.25, -0.2) is 4.98 Å². The number of amides is 1. The van der Waals surface area contributed by atoms with E-state index >= 15 is 0 Å². The topological polar surface area (TPSA) is 83.6 Å². The molecule has 2 aromatic rings. The minimum Gasteiger partial charge on any atom is -0.481 e. The zero-order chi connectivity index (χ0) is 15.7. The van der Waals surface area contributed by atoms with Crippen molar-refractivity contribution in [1.29, 1.82) is 0 Å². The lowest BCUT2D eigenvalue weighted by atomic mass is 9.87. The summed E-state index contributed by atoms with van der Waals surface area (Å²) in [6.07, 6.45) is 1.94. The van der Waals surface area contributed by atoms with Crippen LogP contribution in [0.1, 0.15) is 40.6 Å². The number of nitrogens with zero attached hydrogens (tertiary/aromatic N) is 2. The van der Waals surface area contributed by atoms with E-state index in [0.717, 1.165) is 11.3 Å². The highest BCUT2D eigenvalue weighted by Crippen LogP contribution is 2.37. The van der Waals surface area contributed by atoms with Crippen LogP contribution in [0, 0.1) is 6.92 Å². The van der Waals surface area contributed by atoms with Crippen molar-refractivity contribution in [2.24, 2.45) is 0 Å². The highest BCUT2D eigenvalue weighted by Gasteiger charge is 2.31. The van der Waals surface area contributed by atoms with Crippen LogP contribution < -0.4 is 4.90 Å². The van der Waals surface area contributed by atoms with Gasteiger partial charge >= 0.3 is 5.97 Å². The highest BCUT2D eigenvalue weighted by molar-refractivity contribution is 6.06. The van der Waals surface area contributed by atoms with Gasteiger partial charge in [-0.15, -0.1) is 0 Å². The minimum absolute atomic E-state index is 0.0715. The number of oxazole rings is 1. The van der Waals surface area contributed by atoms with Crippen molar-refractivity contribution in [2.75, 3.05) is 11.4 Å². The standard InChI is InChI=1S/C16H16N2O4/c1-10-15(17-9-22-10)16(21)18-7-6-11(8-14(19)20)12-4-2-3-5-13(12)18/h2-5,9,11H,6-8H2,1H3,(H,19,20). The Morgan fingerprint density at radius 1 is 1.41 bits per heavy atom. The van der Waals surface area contributed by atoms with Crippen molar-refractivity contribution in [3.05, 3.63) is 47.7 Å². The fourth-order valence-electron chi connectivity index (χ4n) is 2.91. The third-order valence-electron chi connectivity index (χ3n) is 3.98. The molecule has 114 valence electrons. The SMILES string of the molecule is Cc1ocnc1C(=O)N1CCC(CC(=O)O)c2ccccc21. The molecule has 0 aliphatic carbocycles. The van der Waals surface area contributed by atoms with Crippen LogP contribution >= 0.6 is 0 Å². The molecule has 1 N–H and O–H groups in total. The van der Waals surface area contributed by atoms with E-state index in [9.17, 15) is 9.59 Å². The maximum absolute atomic E-state index is 12.7. The van der Waals surface area contributed by atoms with Crippen LogP contribution in [-0.2, 0) is 4.79 Å². The molecule has 1 aliphatic heterocycles. The molecule has 6 heteroatoms. The fraction of sp³-hybridized carbons (Fsp3) is 0.312. The molecule has 1 aliphatic rings. The van der Waals surface area contributed by atoms with E-state index < -0.39 is 5.97 Å². The quantitative estimate of drug-likeness (QED) is 0.942. The Labute approximate surface area is 127 Å². The molecule has 0 spiro atoms. The van der Waals surface area contributed by atoms with Crippen molar-refractivity contribution >= 4 is 17.6 Å². The Hall–Kier alpha value is -2.63. The number of anilines is 1. The Kier molecular flexibility index (Phi) is 3.66. The van der Waals surface area contributed by atoms with E-state index in [2.05, 4.69) is 4.98 Å². The summed E-state index contributed by atoms with van der Waals surface area (Å²) in [7, 11) is 0. The van der Waals surface area contributed by atoms with Crippen LogP contribution in [0.25, 0.3) is 0 Å². The van der Waals surface area contributed by atoms with Gasteiger partial charge in [0.15, 0.2) is 12.1 Å². The van der Waals surface area contributed by atoms with E-state index in [1.807, 2.05) is 24.3 Å². The highest BCUT2D eigenvalue weighted by atomic mass is 16.4. The lowest BCUT2D eigenvalue weighted by Gasteiger charge is -2.33. The Morgan fingerprint density at radius 3 is 2.86 bits per heavy atom. The van der Waals surface area contributed by atoms with Crippen LogP contribution in [0.15, 0.2) is 35.1 Å². The van der Waals surface area contributed by atoms with E-state index in [1.54, 1.807) is 11.8 Å². The van der Waals surface area contributed by atoms with E-state index in [4.69, 9.17) is 9.52 Å². The summed E-state index contributed by atoms with van der Waals surface area (Å²) in [5, 5.41) is 9.05. The predicted octanol–water partition coefficient (Wildman–Crippen LogP) is 2.59. The molecule has 2 heterocycles. The van der Waals surface area contributed by atoms with E-state index in [1.165, 1.54) is 6.39 Å². The zero-order valence-corrected chi connectivity index (χ0v) is 12.2. The number of aromatic nitrogens is 1. The number of para-hydroxylation sites is 1. The van der Waals surface area contributed by atoms with Gasteiger partial charge in [-0.2, -0.15) is 0 Å². The van der Waals surface area contributed by atoms with Gasteiger partial charge in [-0.05, 0) is 30.9 Å². The molecule has 0 saturated heterocycles. The number of fused-ring (bicyclic) bond motifs is 1. The monoisotopic (exact) mass is 300 g/mol. The summed E-state index contributed by atoms with van der Waals surface area (Å²) >= 11 is 0. The molecule has 1 atom stereocenters. The van der Waals surface area contributed by atoms with Gasteiger partial charge in [-0.1, -0.05) is 18.2 Å². The number of carboxylic acid groups (broad SMARTS) is 1. The number of hydrogen-bond donors (Lipinski definition) is 1. The van der Waals surface area contributed by atoms with Gasteiger partial charge in [0.25, 0.3) is 5.91 Å². The molecule has 22 heavy (non-hydrogen) atoms. The van der Waals surface area contributed by atoms with Gasteiger partial charge in [0.05, 0.1) is 6.42 Å². The van der Waals surface area contributed by atoms with Gasteiger partial charge in [-0.3, -0.25) is 9.59 Å². The third kappa shape index (κ3) is 2.47. The Morgan fingerprint density at radius 2 is 2.18 bits per heavy atom. The first-order valence-electron chi connectivity index (χ1n) is 7.10. The minimum atomic E-state index is -0.827. The van der Waals surface area contributed by atoms with Crippen LogP contribution in [0.4, 0.5) is 5.69 Å². The molecule has 0 bridgehead atoms. The van der Waals surface area contributed by atoms with Crippen LogP contribution in [0.5, 0.6) is 0 Å². The molecule has 0 saturated carbocycles. The molecular weight excluding hydrogens is 284 g/mol. The van der Waals surface area contributed by atoms with Gasteiger partial charge in [0, 0.05) is 12.2 Å². The zero-order valence-electron chi connectivity index (χ0n) is 12.2. The first-order chi connectivity index (χ1) is 10.6. The lowest BCUT2D eigenvalue weighted by Crippen LogP contribution is -2.37. The fourth-order valence-corrected chi connectivity index (χ4v) is 2.91. The molecule has 0 radical (unpaired) electrons. The number of aliphatic carboxylic acids is 1. The number of carboxylic acids is 1. The molecule has 6 nitrogen and oxygen atoms in total. The second-order valence-corrected chi connectivity index (χ2v) is 5.36. The summed E-state index contributed by atoms with van der Waals surface area (Å²) in [4.78, 5) is 29.3. The number of aryl methyl sites for hydroxylation is 1. The smallest absolute Gasteiger partial charge is 0.303 e. The molecule has 1 amide bonds. The van der Waals surface area contributed by atoms with Crippen LogP contribution in [0.3, 0.4) is 0 Å². The van der Waals surface area contributed by atoms with Crippen molar-refractivity contribution < 1.29 is 19.1 Å². The maximum atomic E-state index is 12.7. The first-order valence-corrected chi connectivity index (χ1v) is 7.10. The molecule has 0 fully saturated rings. The van der Waals surface area contributed by atoms with Crippen molar-refractivity contribution in [3.8, 4) is 0 Å². The van der Waals surface area contributed by atoms with Gasteiger partial charge < -0.3 is 14.4 Å². The van der Waals surface area contributed by atoms with Crippen molar-refractivity contribution in [1.82, 2.24) is 4.98 Å². The normalized spacial score (nSPS) is 17.1. The van der Waals surface area contributed by atoms with Crippen LogP contribution in [-0.4, -0.2) is 28.5 Å². The van der Waals surface area contributed by atoms with Crippen molar-refractivity contribution in [2.45, 2.75) is 25.7 Å². The van der Waals surface area contributed by atoms with Gasteiger partial charge in [0.2, 0.25) is 0 Å². The summed E-state index contributed by atoms with van der Waals surface area (Å²) < 4.78 is 5.10. The Balaban J connectivity index is 1.96. The number of carbonyl (C=O) groups is 2. The third-order valence-corrected chi connectivity index (χ3v) is 3.98. The predicted molar refractivity (Wildman–Crippen MR) is 79.0 cm³/mol. The summed E-state index contributed by atoms with van der Waals surface area (Å²) in [5.74, 6) is -0.634. The molecular formula is C16H16N2O4. The molecule has 1 aromatic heterocycles. The summed E-state index contributed by atoms with van der Waals surface area (Å²) in [5.41, 5.74) is 1.95. The first kappa shape index (κ1) is 14.3. The lowest BCUT2D eigenvalue weighted by molar-refractivity contribution is -0.137. The summed E-state index contributed by atoms with van der Waals surface area (Å²) in [6, 6.07) is 7.44. The number of rotatable bonds is 3. The summed E-state index contributed by atoms with van der Waals surface area (Å²) in [6.45, 7) is 2.17. The molecule has 1 aromatic carbocycles. The van der Waals surface area contributed by atoms with Crippen LogP contribution in [0.2, 0.25) is 0 Å². The van der Waals surface area contributed by atoms with Gasteiger partial charge in [0.1, 0.15) is 5.76 Å². The average molecular weight is 300 g/mol. The maximum Gasteiger partial charge on any atom is 0.303 e. The second kappa shape index (κ2) is 5.63.